The van der Waals surface area contributed by atoms with Crippen LogP contribution in [0.4, 0.5) is 5.69 Å². The van der Waals surface area contributed by atoms with Gasteiger partial charge < -0.3 is 25.0 Å². The molecule has 0 spiro atoms. The maximum absolute atomic E-state index is 13.1. The zero-order valence-corrected chi connectivity index (χ0v) is 19.4. The van der Waals surface area contributed by atoms with Crippen molar-refractivity contribution in [2.45, 2.75) is 45.7 Å². The number of anilines is 1. The summed E-state index contributed by atoms with van der Waals surface area (Å²) in [5.41, 5.74) is 2.11. The van der Waals surface area contributed by atoms with Crippen LogP contribution in [0.15, 0.2) is 23.8 Å². The first-order valence-corrected chi connectivity index (χ1v) is 11.2. The number of nitrogens with one attached hydrogen (secondary N) is 2. The molecule has 1 aromatic carbocycles. The van der Waals surface area contributed by atoms with Gasteiger partial charge in [-0.1, -0.05) is 23.3 Å². The number of hydrogen-bond donors (Lipinski definition) is 2. The van der Waals surface area contributed by atoms with Gasteiger partial charge in [0.1, 0.15) is 0 Å². The van der Waals surface area contributed by atoms with E-state index in [0.29, 0.717) is 35.6 Å². The Hall–Kier alpha value is -2.25. The SMILES string of the molecule is CCN(c1cc(Cl)cc(C(=O)NCC2C(=O)NC(C)C=C2C)c1OC)C1CCOCC1. The second-order valence-corrected chi connectivity index (χ2v) is 8.54. The number of carbonyl (C=O) groups is 2. The number of hydrogen-bond acceptors (Lipinski definition) is 5. The van der Waals surface area contributed by atoms with Crippen molar-refractivity contribution < 1.29 is 19.1 Å². The lowest BCUT2D eigenvalue weighted by molar-refractivity contribution is -0.124. The van der Waals surface area contributed by atoms with Gasteiger partial charge in [0.15, 0.2) is 5.75 Å². The van der Waals surface area contributed by atoms with Crippen LogP contribution in [0.1, 0.15) is 44.0 Å². The van der Waals surface area contributed by atoms with Crippen LogP contribution in [0.3, 0.4) is 0 Å². The van der Waals surface area contributed by atoms with Gasteiger partial charge in [0.2, 0.25) is 5.91 Å². The molecule has 3 rings (SSSR count). The molecule has 0 aliphatic carbocycles. The van der Waals surface area contributed by atoms with Crippen LogP contribution in [-0.2, 0) is 9.53 Å². The Labute approximate surface area is 189 Å². The normalized spacial score (nSPS) is 21.8. The zero-order chi connectivity index (χ0) is 22.5. The van der Waals surface area contributed by atoms with E-state index in [0.717, 1.165) is 30.6 Å². The number of benzene rings is 1. The molecule has 1 fully saturated rings. The summed E-state index contributed by atoms with van der Waals surface area (Å²) in [4.78, 5) is 27.7. The first-order valence-electron chi connectivity index (χ1n) is 10.8. The van der Waals surface area contributed by atoms with E-state index in [1.54, 1.807) is 13.2 Å². The lowest BCUT2D eigenvalue weighted by atomic mass is 9.93. The van der Waals surface area contributed by atoms with Crippen LogP contribution < -0.4 is 20.3 Å². The van der Waals surface area contributed by atoms with Crippen molar-refractivity contribution in [2.24, 2.45) is 5.92 Å². The average Bonchev–Trinajstić information content (AvgIpc) is 2.73. The molecule has 2 aliphatic rings. The van der Waals surface area contributed by atoms with E-state index in [2.05, 4.69) is 22.5 Å². The van der Waals surface area contributed by atoms with Gasteiger partial charge in [-0.05, 0) is 45.7 Å². The highest BCUT2D eigenvalue weighted by molar-refractivity contribution is 6.31. The van der Waals surface area contributed by atoms with Crippen molar-refractivity contribution >= 4 is 29.1 Å². The van der Waals surface area contributed by atoms with Crippen molar-refractivity contribution in [2.75, 3.05) is 38.3 Å². The lowest BCUT2D eigenvalue weighted by Crippen LogP contribution is -2.45. The molecule has 2 aliphatic heterocycles. The van der Waals surface area contributed by atoms with Gasteiger partial charge >= 0.3 is 0 Å². The molecule has 1 aromatic rings. The number of halogens is 1. The zero-order valence-electron chi connectivity index (χ0n) is 18.7. The lowest BCUT2D eigenvalue weighted by Gasteiger charge is -2.36. The fourth-order valence-electron chi connectivity index (χ4n) is 4.43. The summed E-state index contributed by atoms with van der Waals surface area (Å²) in [5.74, 6) is -0.297. The predicted octanol–water partition coefficient (Wildman–Crippen LogP) is 3.16. The number of rotatable bonds is 7. The van der Waals surface area contributed by atoms with Crippen LogP contribution in [0.5, 0.6) is 5.75 Å². The maximum Gasteiger partial charge on any atom is 0.255 e. The molecule has 8 heteroatoms. The molecule has 0 saturated carbocycles. The molecule has 7 nitrogen and oxygen atoms in total. The van der Waals surface area contributed by atoms with Crippen molar-refractivity contribution in [1.82, 2.24) is 10.6 Å². The molecule has 2 unspecified atom stereocenters. The van der Waals surface area contributed by atoms with E-state index in [9.17, 15) is 9.59 Å². The van der Waals surface area contributed by atoms with Gasteiger partial charge in [-0.25, -0.2) is 0 Å². The standard InChI is InChI=1S/C23H32ClN3O4/c1-5-27(17-6-8-31-9-7-17)20-12-16(24)11-18(21(20)30-4)22(28)25-13-19-14(2)10-15(3)26-23(19)29/h10-12,15,17,19H,5-9,13H2,1-4H3,(H,25,28)(H,26,29). The Morgan fingerprint density at radius 2 is 2.06 bits per heavy atom. The minimum absolute atomic E-state index is 0.000229. The summed E-state index contributed by atoms with van der Waals surface area (Å²) in [6.45, 7) is 8.31. The molecule has 1 saturated heterocycles. The number of carbonyl (C=O) groups excluding carboxylic acids is 2. The fraction of sp³-hybridized carbons (Fsp3) is 0.565. The van der Waals surface area contributed by atoms with E-state index < -0.39 is 0 Å². The van der Waals surface area contributed by atoms with Gasteiger partial charge in [-0.3, -0.25) is 9.59 Å². The monoisotopic (exact) mass is 449 g/mol. The summed E-state index contributed by atoms with van der Waals surface area (Å²) in [6, 6.07) is 3.75. The third-order valence-corrected chi connectivity index (χ3v) is 6.20. The third-order valence-electron chi connectivity index (χ3n) is 5.98. The highest BCUT2D eigenvalue weighted by Crippen LogP contribution is 2.37. The summed E-state index contributed by atoms with van der Waals surface area (Å²) in [6.07, 6.45) is 3.82. The van der Waals surface area contributed by atoms with Gasteiger partial charge in [-0.15, -0.1) is 0 Å². The molecule has 2 atom stereocenters. The van der Waals surface area contributed by atoms with Gasteiger partial charge in [0.05, 0.1) is 24.3 Å². The second kappa shape index (κ2) is 10.4. The number of methoxy groups -OCH3 is 1. The van der Waals surface area contributed by atoms with Crippen LogP contribution >= 0.6 is 11.6 Å². The van der Waals surface area contributed by atoms with E-state index in [1.165, 1.54) is 0 Å². The summed E-state index contributed by atoms with van der Waals surface area (Å²) in [5, 5.41) is 6.25. The average molecular weight is 450 g/mol. The van der Waals surface area contributed by atoms with Crippen molar-refractivity contribution in [3.8, 4) is 5.75 Å². The largest absolute Gasteiger partial charge is 0.494 e. The Balaban J connectivity index is 1.84. The minimum atomic E-state index is -0.390. The third kappa shape index (κ3) is 5.33. The predicted molar refractivity (Wildman–Crippen MR) is 122 cm³/mol. The second-order valence-electron chi connectivity index (χ2n) is 8.11. The minimum Gasteiger partial charge on any atom is -0.494 e. The number of amides is 2. The van der Waals surface area contributed by atoms with Gasteiger partial charge in [0, 0.05) is 43.4 Å². The molecule has 31 heavy (non-hydrogen) atoms. The van der Waals surface area contributed by atoms with Gasteiger partial charge in [-0.2, -0.15) is 0 Å². The smallest absolute Gasteiger partial charge is 0.255 e. The molecule has 2 heterocycles. The maximum atomic E-state index is 13.1. The summed E-state index contributed by atoms with van der Waals surface area (Å²) < 4.78 is 11.2. The topological polar surface area (TPSA) is 79.9 Å². The quantitative estimate of drug-likeness (QED) is 0.625. The highest BCUT2D eigenvalue weighted by Gasteiger charge is 2.29. The Morgan fingerprint density at radius 3 is 2.68 bits per heavy atom. The molecular formula is C23H32ClN3O4. The van der Waals surface area contributed by atoms with Crippen LogP contribution in [0.2, 0.25) is 5.02 Å². The van der Waals surface area contributed by atoms with Crippen LogP contribution in [0, 0.1) is 5.92 Å². The van der Waals surface area contributed by atoms with Crippen LogP contribution in [0.25, 0.3) is 0 Å². The summed E-state index contributed by atoms with van der Waals surface area (Å²) >= 11 is 6.41. The van der Waals surface area contributed by atoms with Crippen molar-refractivity contribution in [1.29, 1.82) is 0 Å². The first-order chi connectivity index (χ1) is 14.8. The Kier molecular flexibility index (Phi) is 7.84. The Bertz CT molecular complexity index is 851. The molecule has 170 valence electrons. The number of nitrogens with zero attached hydrogens (tertiary/aromatic N) is 1. The Morgan fingerprint density at radius 1 is 1.35 bits per heavy atom. The highest BCUT2D eigenvalue weighted by atomic mass is 35.5. The van der Waals surface area contributed by atoms with E-state index in [-0.39, 0.29) is 30.3 Å². The molecule has 0 aromatic heterocycles. The van der Waals surface area contributed by atoms with Crippen molar-refractivity contribution in [3.05, 3.63) is 34.4 Å². The molecule has 2 amide bonds. The molecule has 0 radical (unpaired) electrons. The summed E-state index contributed by atoms with van der Waals surface area (Å²) in [7, 11) is 1.56. The molecule has 2 N–H and O–H groups in total. The molecule has 0 bridgehead atoms. The van der Waals surface area contributed by atoms with E-state index in [4.69, 9.17) is 21.1 Å². The van der Waals surface area contributed by atoms with E-state index >= 15 is 0 Å². The fourth-order valence-corrected chi connectivity index (χ4v) is 4.64. The molecular weight excluding hydrogens is 418 g/mol. The van der Waals surface area contributed by atoms with Crippen molar-refractivity contribution in [3.63, 3.8) is 0 Å². The van der Waals surface area contributed by atoms with Gasteiger partial charge in [0.25, 0.3) is 5.91 Å². The first kappa shape index (κ1) is 23.4. The number of ether oxygens (including phenoxy) is 2. The van der Waals surface area contributed by atoms with E-state index in [1.807, 2.05) is 26.0 Å². The van der Waals surface area contributed by atoms with Crippen LogP contribution in [-0.4, -0.2) is 57.3 Å².